The van der Waals surface area contributed by atoms with Crippen molar-refractivity contribution in [2.24, 2.45) is 0 Å². The lowest BCUT2D eigenvalue weighted by molar-refractivity contribution is -0.136. The summed E-state index contributed by atoms with van der Waals surface area (Å²) in [5.41, 5.74) is 1.18. The third-order valence-electron chi connectivity index (χ3n) is 1.30. The van der Waals surface area contributed by atoms with Crippen LogP contribution in [-0.4, -0.2) is 17.4 Å². The Bertz CT molecular complexity index is 156. The van der Waals surface area contributed by atoms with Crippen molar-refractivity contribution in [3.63, 3.8) is 0 Å². The smallest absolute Gasteiger partial charge is 0.228 e. The Hall–Kier alpha value is -0.790. The van der Waals surface area contributed by atoms with Gasteiger partial charge in [-0.1, -0.05) is 5.57 Å². The van der Waals surface area contributed by atoms with Crippen LogP contribution in [0, 0.1) is 0 Å². The van der Waals surface area contributed by atoms with Gasteiger partial charge in [-0.05, 0) is 13.8 Å². The number of β-lactam (4-membered cyclic amide) rings is 1. The molecule has 0 bridgehead atoms. The van der Waals surface area contributed by atoms with E-state index in [1.807, 2.05) is 20.0 Å². The second kappa shape index (κ2) is 2.21. The van der Waals surface area contributed by atoms with E-state index in [4.69, 9.17) is 0 Å². The number of allylic oxidation sites excluding steroid dienone is 1. The second-order valence-electron chi connectivity index (χ2n) is 2.54. The predicted molar refractivity (Wildman–Crippen MR) is 35.8 cm³/mol. The molecule has 1 amide bonds. The first kappa shape index (κ1) is 6.33. The van der Waals surface area contributed by atoms with Crippen LogP contribution in [0.15, 0.2) is 11.8 Å². The lowest BCUT2D eigenvalue weighted by Crippen LogP contribution is -2.38. The highest BCUT2D eigenvalue weighted by Crippen LogP contribution is 2.09. The number of hydrogen-bond donors (Lipinski definition) is 0. The number of carbonyl (C=O) groups is 1. The van der Waals surface area contributed by atoms with Gasteiger partial charge in [-0.25, -0.2) is 0 Å². The van der Waals surface area contributed by atoms with E-state index in [0.717, 1.165) is 13.0 Å². The molecule has 0 unspecified atom stereocenters. The summed E-state index contributed by atoms with van der Waals surface area (Å²) in [4.78, 5) is 12.4. The molecule has 0 radical (unpaired) electrons. The molecule has 0 saturated carbocycles. The molecule has 9 heavy (non-hydrogen) atoms. The van der Waals surface area contributed by atoms with E-state index >= 15 is 0 Å². The van der Waals surface area contributed by atoms with E-state index in [2.05, 4.69) is 0 Å². The van der Waals surface area contributed by atoms with Crippen LogP contribution in [0.5, 0.6) is 0 Å². The predicted octanol–water partition coefficient (Wildman–Crippen LogP) is 1.14. The zero-order valence-electron chi connectivity index (χ0n) is 5.85. The molecule has 0 spiro atoms. The Balaban J connectivity index is 2.46. The first-order chi connectivity index (χ1) is 4.20. The topological polar surface area (TPSA) is 20.3 Å². The van der Waals surface area contributed by atoms with Gasteiger partial charge in [-0.2, -0.15) is 0 Å². The van der Waals surface area contributed by atoms with Gasteiger partial charge in [0.2, 0.25) is 5.91 Å². The molecular formula is C7H11NO. The summed E-state index contributed by atoms with van der Waals surface area (Å²) in [7, 11) is 0. The molecule has 1 heterocycles. The summed E-state index contributed by atoms with van der Waals surface area (Å²) in [5, 5.41) is 0. The van der Waals surface area contributed by atoms with Gasteiger partial charge < -0.3 is 4.90 Å². The number of rotatable bonds is 1. The highest BCUT2D eigenvalue weighted by Gasteiger charge is 2.20. The van der Waals surface area contributed by atoms with Crippen molar-refractivity contribution in [2.45, 2.75) is 20.3 Å². The van der Waals surface area contributed by atoms with Gasteiger partial charge in [0, 0.05) is 19.2 Å². The maximum atomic E-state index is 10.6. The zero-order valence-corrected chi connectivity index (χ0v) is 5.85. The fourth-order valence-electron chi connectivity index (χ4n) is 0.780. The molecule has 1 aliphatic heterocycles. The minimum atomic E-state index is 0.246. The summed E-state index contributed by atoms with van der Waals surface area (Å²) < 4.78 is 0. The van der Waals surface area contributed by atoms with Gasteiger partial charge in [0.1, 0.15) is 0 Å². The normalized spacial score (nSPS) is 17.1. The van der Waals surface area contributed by atoms with Crippen LogP contribution >= 0.6 is 0 Å². The van der Waals surface area contributed by atoms with Crippen molar-refractivity contribution < 1.29 is 4.79 Å². The molecule has 0 aromatic heterocycles. The van der Waals surface area contributed by atoms with Gasteiger partial charge >= 0.3 is 0 Å². The first-order valence-electron chi connectivity index (χ1n) is 3.14. The van der Waals surface area contributed by atoms with E-state index in [9.17, 15) is 4.79 Å². The van der Waals surface area contributed by atoms with Crippen molar-refractivity contribution in [1.29, 1.82) is 0 Å². The van der Waals surface area contributed by atoms with E-state index in [-0.39, 0.29) is 5.91 Å². The van der Waals surface area contributed by atoms with Gasteiger partial charge in [0.15, 0.2) is 0 Å². The van der Waals surface area contributed by atoms with Crippen molar-refractivity contribution in [3.05, 3.63) is 11.8 Å². The standard InChI is InChI=1S/C7H11NO/c1-6(2)5-8-4-3-7(8)9/h5H,3-4H2,1-2H3. The van der Waals surface area contributed by atoms with Crippen LogP contribution in [0.4, 0.5) is 0 Å². The number of likely N-dealkylation sites (tertiary alicyclic amines) is 1. The molecule has 0 N–H and O–H groups in total. The summed E-state index contributed by atoms with van der Waals surface area (Å²) in [6.07, 6.45) is 2.62. The number of amides is 1. The largest absolute Gasteiger partial charge is 0.319 e. The fourth-order valence-corrected chi connectivity index (χ4v) is 0.780. The van der Waals surface area contributed by atoms with Crippen LogP contribution in [0.25, 0.3) is 0 Å². The van der Waals surface area contributed by atoms with Crippen LogP contribution in [0.1, 0.15) is 20.3 Å². The van der Waals surface area contributed by atoms with Crippen LogP contribution < -0.4 is 0 Å². The average molecular weight is 125 g/mol. The Morgan fingerprint density at radius 1 is 1.67 bits per heavy atom. The third kappa shape index (κ3) is 1.31. The van der Waals surface area contributed by atoms with Crippen molar-refractivity contribution >= 4 is 5.91 Å². The first-order valence-corrected chi connectivity index (χ1v) is 3.14. The van der Waals surface area contributed by atoms with Crippen molar-refractivity contribution in [1.82, 2.24) is 4.90 Å². The molecule has 0 aromatic rings. The molecule has 1 fully saturated rings. The number of nitrogens with zero attached hydrogens (tertiary/aromatic N) is 1. The zero-order chi connectivity index (χ0) is 6.85. The van der Waals surface area contributed by atoms with Crippen LogP contribution in [-0.2, 0) is 4.79 Å². The number of carbonyl (C=O) groups excluding carboxylic acids is 1. The minimum absolute atomic E-state index is 0.246. The lowest BCUT2D eigenvalue weighted by atomic mass is 10.2. The lowest BCUT2D eigenvalue weighted by Gasteiger charge is -2.27. The Labute approximate surface area is 55.2 Å². The molecule has 0 atom stereocenters. The average Bonchev–Trinajstić information content (AvgIpc) is 1.79. The molecule has 50 valence electrons. The summed E-state index contributed by atoms with van der Waals surface area (Å²) in [6.45, 7) is 4.89. The summed E-state index contributed by atoms with van der Waals surface area (Å²) in [6, 6.07) is 0. The van der Waals surface area contributed by atoms with Crippen LogP contribution in [0.3, 0.4) is 0 Å². The SMILES string of the molecule is CC(C)=CN1CCC1=O. The van der Waals surface area contributed by atoms with E-state index in [1.165, 1.54) is 5.57 Å². The maximum Gasteiger partial charge on any atom is 0.228 e. The molecule has 1 aliphatic rings. The van der Waals surface area contributed by atoms with Gasteiger partial charge in [0.05, 0.1) is 0 Å². The molecule has 1 saturated heterocycles. The molecule has 2 nitrogen and oxygen atoms in total. The van der Waals surface area contributed by atoms with Gasteiger partial charge in [-0.3, -0.25) is 4.79 Å². The van der Waals surface area contributed by atoms with Crippen molar-refractivity contribution in [3.8, 4) is 0 Å². The van der Waals surface area contributed by atoms with Crippen molar-refractivity contribution in [2.75, 3.05) is 6.54 Å². The van der Waals surface area contributed by atoms with Crippen LogP contribution in [0.2, 0.25) is 0 Å². The number of hydrogen-bond acceptors (Lipinski definition) is 1. The fraction of sp³-hybridized carbons (Fsp3) is 0.571. The van der Waals surface area contributed by atoms with E-state index in [0.29, 0.717) is 0 Å². The van der Waals surface area contributed by atoms with E-state index in [1.54, 1.807) is 4.90 Å². The Morgan fingerprint density at radius 3 is 2.44 bits per heavy atom. The monoisotopic (exact) mass is 125 g/mol. The summed E-state index contributed by atoms with van der Waals surface area (Å²) in [5.74, 6) is 0.246. The highest BCUT2D eigenvalue weighted by molar-refractivity contribution is 5.82. The molecule has 1 rings (SSSR count). The molecule has 0 aliphatic carbocycles. The molecule has 0 aromatic carbocycles. The Kier molecular flexibility index (Phi) is 1.56. The van der Waals surface area contributed by atoms with E-state index < -0.39 is 0 Å². The minimum Gasteiger partial charge on any atom is -0.319 e. The third-order valence-corrected chi connectivity index (χ3v) is 1.30. The molecule has 2 heteroatoms. The summed E-state index contributed by atoms with van der Waals surface area (Å²) >= 11 is 0. The molecular weight excluding hydrogens is 114 g/mol. The van der Waals surface area contributed by atoms with Gasteiger partial charge in [0.25, 0.3) is 0 Å². The quantitative estimate of drug-likeness (QED) is 0.481. The Morgan fingerprint density at radius 2 is 2.33 bits per heavy atom. The second-order valence-corrected chi connectivity index (χ2v) is 2.54. The highest BCUT2D eigenvalue weighted by atomic mass is 16.2. The maximum absolute atomic E-state index is 10.6. The van der Waals surface area contributed by atoms with Gasteiger partial charge in [-0.15, -0.1) is 0 Å².